The number of aromatic nitrogens is 1. The van der Waals surface area contributed by atoms with Crippen LogP contribution in [0.25, 0.3) is 16.5 Å². The Bertz CT molecular complexity index is 668. The first kappa shape index (κ1) is 11.1. The van der Waals surface area contributed by atoms with Crippen LogP contribution in [-0.4, -0.2) is 4.57 Å². The fourth-order valence-electron chi connectivity index (χ4n) is 2.80. The molecule has 0 N–H and O–H groups in total. The number of fused-ring (bicyclic) bond motifs is 1. The summed E-state index contributed by atoms with van der Waals surface area (Å²) in [6.45, 7) is 0. The van der Waals surface area contributed by atoms with Gasteiger partial charge < -0.3 is 4.57 Å². The van der Waals surface area contributed by atoms with Crippen molar-refractivity contribution in [3.8, 4) is 6.07 Å². The first-order valence-electron chi connectivity index (χ1n) is 6.48. The van der Waals surface area contributed by atoms with Crippen molar-refractivity contribution in [2.45, 2.75) is 25.7 Å². The maximum atomic E-state index is 9.03. The maximum Gasteiger partial charge on any atom is 0.0991 e. The molecule has 2 nitrogen and oxygen atoms in total. The third-order valence-corrected chi connectivity index (χ3v) is 3.76. The quantitative estimate of drug-likeness (QED) is 0.735. The highest BCUT2D eigenvalue weighted by Crippen LogP contribution is 2.33. The Kier molecular flexibility index (Phi) is 2.68. The monoisotopic (exact) mass is 236 g/mol. The van der Waals surface area contributed by atoms with Gasteiger partial charge in [0.25, 0.3) is 0 Å². The molecule has 0 saturated heterocycles. The molecule has 3 rings (SSSR count). The van der Waals surface area contributed by atoms with Crippen LogP contribution >= 0.6 is 0 Å². The lowest BCUT2D eigenvalue weighted by Crippen LogP contribution is -1.90. The number of aryl methyl sites for hydroxylation is 1. The van der Waals surface area contributed by atoms with Crippen molar-refractivity contribution >= 4 is 16.5 Å². The van der Waals surface area contributed by atoms with Gasteiger partial charge in [-0.05, 0) is 49.5 Å². The third-order valence-electron chi connectivity index (χ3n) is 3.76. The smallest absolute Gasteiger partial charge is 0.0991 e. The molecule has 1 aliphatic rings. The second kappa shape index (κ2) is 4.34. The molecule has 2 heteroatoms. The minimum atomic E-state index is 0.742. The number of benzene rings is 1. The minimum absolute atomic E-state index is 0.742. The Morgan fingerprint density at radius 3 is 2.89 bits per heavy atom. The van der Waals surface area contributed by atoms with Crippen LogP contribution in [0.2, 0.25) is 0 Å². The summed E-state index contributed by atoms with van der Waals surface area (Å²) in [5.41, 5.74) is 4.70. The largest absolute Gasteiger partial charge is 0.350 e. The Hall–Kier alpha value is -2.01. The molecule has 0 amide bonds. The van der Waals surface area contributed by atoms with Gasteiger partial charge in [-0.3, -0.25) is 0 Å². The number of hydrogen-bond acceptors (Lipinski definition) is 1. The molecule has 2 aromatic rings. The van der Waals surface area contributed by atoms with Gasteiger partial charge in [-0.2, -0.15) is 5.26 Å². The van der Waals surface area contributed by atoms with Gasteiger partial charge in [-0.1, -0.05) is 6.08 Å². The highest BCUT2D eigenvalue weighted by molar-refractivity contribution is 5.94. The molecule has 0 radical (unpaired) electrons. The van der Waals surface area contributed by atoms with Gasteiger partial charge in [0.1, 0.15) is 0 Å². The number of allylic oxidation sites excluding steroid dienone is 2. The second-order valence-electron chi connectivity index (χ2n) is 4.97. The minimum Gasteiger partial charge on any atom is -0.350 e. The van der Waals surface area contributed by atoms with Gasteiger partial charge in [0.2, 0.25) is 0 Å². The van der Waals surface area contributed by atoms with Gasteiger partial charge in [0, 0.05) is 29.7 Å². The summed E-state index contributed by atoms with van der Waals surface area (Å²) in [6.07, 6.45) is 9.48. The highest BCUT2D eigenvalue weighted by atomic mass is 14.9. The van der Waals surface area contributed by atoms with E-state index in [4.69, 9.17) is 5.26 Å². The molecule has 0 spiro atoms. The van der Waals surface area contributed by atoms with Crippen molar-refractivity contribution in [3.05, 3.63) is 41.6 Å². The summed E-state index contributed by atoms with van der Waals surface area (Å²) in [4.78, 5) is 0. The number of nitriles is 1. The van der Waals surface area contributed by atoms with Crippen molar-refractivity contribution in [3.63, 3.8) is 0 Å². The lowest BCUT2D eigenvalue weighted by atomic mass is 9.93. The average molecular weight is 236 g/mol. The summed E-state index contributed by atoms with van der Waals surface area (Å²) >= 11 is 0. The molecule has 1 heterocycles. The van der Waals surface area contributed by atoms with E-state index in [-0.39, 0.29) is 0 Å². The van der Waals surface area contributed by atoms with E-state index in [1.165, 1.54) is 41.3 Å². The van der Waals surface area contributed by atoms with Crippen LogP contribution in [0.3, 0.4) is 0 Å². The van der Waals surface area contributed by atoms with Gasteiger partial charge in [-0.25, -0.2) is 0 Å². The van der Waals surface area contributed by atoms with Gasteiger partial charge in [-0.15, -0.1) is 0 Å². The highest BCUT2D eigenvalue weighted by Gasteiger charge is 2.13. The summed E-state index contributed by atoms with van der Waals surface area (Å²) in [7, 11) is 2.07. The van der Waals surface area contributed by atoms with Gasteiger partial charge in [0.15, 0.2) is 0 Å². The number of hydrogen-bond donors (Lipinski definition) is 0. The zero-order valence-corrected chi connectivity index (χ0v) is 10.6. The van der Waals surface area contributed by atoms with Crippen molar-refractivity contribution < 1.29 is 0 Å². The Balaban J connectivity index is 2.22. The van der Waals surface area contributed by atoms with Crippen LogP contribution in [0.4, 0.5) is 0 Å². The molecule has 1 aliphatic carbocycles. The lowest BCUT2D eigenvalue weighted by molar-refractivity contribution is 0.742. The lowest BCUT2D eigenvalue weighted by Gasteiger charge is -2.11. The summed E-state index contributed by atoms with van der Waals surface area (Å²) < 4.78 is 2.15. The molecule has 18 heavy (non-hydrogen) atoms. The van der Waals surface area contributed by atoms with E-state index < -0.39 is 0 Å². The van der Waals surface area contributed by atoms with Gasteiger partial charge >= 0.3 is 0 Å². The first-order valence-corrected chi connectivity index (χ1v) is 6.48. The van der Waals surface area contributed by atoms with Crippen molar-refractivity contribution in [2.75, 3.05) is 0 Å². The molecular formula is C16H16N2. The van der Waals surface area contributed by atoms with E-state index in [1.807, 2.05) is 18.2 Å². The van der Waals surface area contributed by atoms with E-state index >= 15 is 0 Å². The summed E-state index contributed by atoms with van der Waals surface area (Å²) in [5.74, 6) is 0. The summed E-state index contributed by atoms with van der Waals surface area (Å²) in [6, 6.07) is 8.18. The predicted octanol–water partition coefficient (Wildman–Crippen LogP) is 4.01. The number of nitrogens with zero attached hydrogens (tertiary/aromatic N) is 2. The molecule has 0 saturated carbocycles. The molecule has 0 fully saturated rings. The molecule has 0 unspecified atom stereocenters. The van der Waals surface area contributed by atoms with Gasteiger partial charge in [0.05, 0.1) is 11.6 Å². The van der Waals surface area contributed by atoms with Crippen LogP contribution in [0, 0.1) is 11.3 Å². The molecule has 1 aromatic carbocycles. The Morgan fingerprint density at radius 2 is 2.17 bits per heavy atom. The van der Waals surface area contributed by atoms with E-state index in [0.29, 0.717) is 0 Å². The Labute approximate surface area is 107 Å². The summed E-state index contributed by atoms with van der Waals surface area (Å²) in [5, 5.41) is 10.2. The van der Waals surface area contributed by atoms with Crippen LogP contribution in [-0.2, 0) is 7.05 Å². The fourth-order valence-corrected chi connectivity index (χ4v) is 2.80. The molecule has 0 atom stereocenters. The first-order chi connectivity index (χ1) is 8.79. The van der Waals surface area contributed by atoms with E-state index in [9.17, 15) is 0 Å². The maximum absolute atomic E-state index is 9.03. The van der Waals surface area contributed by atoms with Crippen molar-refractivity contribution in [1.82, 2.24) is 4.57 Å². The van der Waals surface area contributed by atoms with Crippen LogP contribution in [0.1, 0.15) is 36.8 Å². The predicted molar refractivity (Wildman–Crippen MR) is 74.1 cm³/mol. The topological polar surface area (TPSA) is 28.7 Å². The zero-order chi connectivity index (χ0) is 12.5. The second-order valence-corrected chi connectivity index (χ2v) is 4.97. The van der Waals surface area contributed by atoms with E-state index in [1.54, 1.807) is 0 Å². The third kappa shape index (κ3) is 1.73. The number of rotatable bonds is 1. The van der Waals surface area contributed by atoms with Crippen molar-refractivity contribution in [2.24, 2.45) is 7.05 Å². The molecule has 90 valence electrons. The molecular weight excluding hydrogens is 220 g/mol. The fraction of sp³-hybridized carbons (Fsp3) is 0.312. The Morgan fingerprint density at radius 1 is 1.28 bits per heavy atom. The zero-order valence-electron chi connectivity index (χ0n) is 10.6. The molecule has 1 aromatic heterocycles. The molecule has 0 bridgehead atoms. The normalized spacial score (nSPS) is 15.4. The van der Waals surface area contributed by atoms with Crippen LogP contribution in [0.15, 0.2) is 30.5 Å². The SMILES string of the molecule is Cn1cc(C2=CCCCC2)c2cc(C#N)ccc21. The van der Waals surface area contributed by atoms with Crippen LogP contribution < -0.4 is 0 Å². The van der Waals surface area contributed by atoms with Crippen LogP contribution in [0.5, 0.6) is 0 Å². The van der Waals surface area contributed by atoms with Crippen molar-refractivity contribution in [1.29, 1.82) is 5.26 Å². The standard InChI is InChI=1S/C16H16N2/c1-18-11-15(13-5-3-2-4-6-13)14-9-12(10-17)7-8-16(14)18/h5,7-9,11H,2-4,6H2,1H3. The average Bonchev–Trinajstić information content (AvgIpc) is 2.76. The van der Waals surface area contributed by atoms with E-state index in [2.05, 4.69) is 30.0 Å². The molecule has 0 aliphatic heterocycles. The van der Waals surface area contributed by atoms with E-state index in [0.717, 1.165) is 12.0 Å².